The number of hydrogen-bond acceptors (Lipinski definition) is 8. The molecule has 0 aliphatic heterocycles. The summed E-state index contributed by atoms with van der Waals surface area (Å²) in [6, 6.07) is 0. The van der Waals surface area contributed by atoms with Gasteiger partial charge in [0.1, 0.15) is 6.61 Å². The van der Waals surface area contributed by atoms with Crippen LogP contribution in [0.1, 0.15) is 174 Å². The van der Waals surface area contributed by atoms with Gasteiger partial charge in [-0.15, -0.1) is 0 Å². The van der Waals surface area contributed by atoms with Crippen molar-refractivity contribution in [2.75, 3.05) is 33.4 Å². The van der Waals surface area contributed by atoms with Crippen molar-refractivity contribution < 1.29 is 37.6 Å². The molecule has 0 saturated carbocycles. The number of ether oxygens (including phenoxy) is 2. The largest absolute Gasteiger partial charge is 0.472 e. The van der Waals surface area contributed by atoms with Crippen LogP contribution in [0.25, 0.3) is 0 Å². The first kappa shape index (κ1) is 47.5. The Morgan fingerprint density at radius 3 is 1.65 bits per heavy atom. The molecule has 0 fully saturated rings. The van der Waals surface area contributed by atoms with E-state index in [2.05, 4.69) is 43.5 Å². The molecule has 0 aromatic heterocycles. The minimum absolute atomic E-state index is 0.0183. The minimum Gasteiger partial charge on any atom is -0.462 e. The number of rotatable bonds is 37. The molecule has 0 spiro atoms. The van der Waals surface area contributed by atoms with Gasteiger partial charge in [-0.25, -0.2) is 4.57 Å². The first-order valence-electron chi connectivity index (χ1n) is 19.8. The van der Waals surface area contributed by atoms with Crippen LogP contribution in [0.4, 0.5) is 0 Å². The van der Waals surface area contributed by atoms with E-state index in [0.29, 0.717) is 13.0 Å². The molecule has 0 bridgehead atoms. The summed E-state index contributed by atoms with van der Waals surface area (Å²) in [5, 5.41) is 2.82. The summed E-state index contributed by atoms with van der Waals surface area (Å²) >= 11 is 0. The van der Waals surface area contributed by atoms with Gasteiger partial charge in [-0.3, -0.25) is 18.6 Å². The summed E-state index contributed by atoms with van der Waals surface area (Å²) in [5.74, 6) is -0.820. The molecule has 2 unspecified atom stereocenters. The fraction of sp³-hybridized carbons (Fsp3) is 0.846. The lowest BCUT2D eigenvalue weighted by Crippen LogP contribution is -2.29. The van der Waals surface area contributed by atoms with Gasteiger partial charge in [0, 0.05) is 19.4 Å². The SMILES string of the molecule is CCCCC/C=C\C/C=C\CCCCCCCC(=O)OC(COC(=O)CCCCCCCCCCCCCC)COP(=O)(O)OCCNC. The molecule has 288 valence electrons. The molecule has 0 radical (unpaired) electrons. The van der Waals surface area contributed by atoms with Crippen LogP contribution in [-0.2, 0) is 32.7 Å². The predicted molar refractivity (Wildman–Crippen MR) is 202 cm³/mol. The smallest absolute Gasteiger partial charge is 0.462 e. The van der Waals surface area contributed by atoms with Crippen LogP contribution >= 0.6 is 7.82 Å². The van der Waals surface area contributed by atoms with Crippen LogP contribution < -0.4 is 5.32 Å². The lowest BCUT2D eigenvalue weighted by Gasteiger charge is -2.20. The molecule has 0 rings (SSSR count). The zero-order valence-corrected chi connectivity index (χ0v) is 32.5. The monoisotopic (exact) mass is 716 g/mol. The molecule has 0 aliphatic rings. The molecule has 2 N–H and O–H groups in total. The van der Waals surface area contributed by atoms with Crippen LogP contribution in [-0.4, -0.2) is 56.3 Å². The Kier molecular flexibility index (Phi) is 35.2. The average molecular weight is 716 g/mol. The molecule has 49 heavy (non-hydrogen) atoms. The predicted octanol–water partition coefficient (Wildman–Crippen LogP) is 10.7. The van der Waals surface area contributed by atoms with Crippen molar-refractivity contribution in [1.82, 2.24) is 5.32 Å². The van der Waals surface area contributed by atoms with E-state index in [1.54, 1.807) is 7.05 Å². The molecule has 10 heteroatoms. The molecule has 0 saturated heterocycles. The maximum Gasteiger partial charge on any atom is 0.472 e. The first-order chi connectivity index (χ1) is 23.8. The highest BCUT2D eigenvalue weighted by atomic mass is 31.2. The van der Waals surface area contributed by atoms with Crippen molar-refractivity contribution >= 4 is 19.8 Å². The van der Waals surface area contributed by atoms with Crippen LogP contribution in [0.5, 0.6) is 0 Å². The fourth-order valence-corrected chi connectivity index (χ4v) is 6.04. The maximum atomic E-state index is 12.6. The van der Waals surface area contributed by atoms with Crippen molar-refractivity contribution in [3.8, 4) is 0 Å². The Balaban J connectivity index is 4.30. The standard InChI is InChI=1S/C39H74NO8P/c1-4-6-8-10-12-14-16-18-19-20-22-24-26-28-30-32-39(42)48-37(36-47-49(43,44)46-34-33-40-3)35-45-38(41)31-29-27-25-23-21-17-15-13-11-9-7-5-2/h12,14,18-19,37,40H,4-11,13,15-17,20-36H2,1-3H3,(H,43,44)/b14-12-,19-18-. The number of esters is 2. The van der Waals surface area contributed by atoms with Crippen LogP contribution in [0.15, 0.2) is 24.3 Å². The Hall–Kier alpha value is -1.51. The number of unbranched alkanes of at least 4 members (excludes halogenated alkanes) is 19. The quantitative estimate of drug-likeness (QED) is 0.0280. The van der Waals surface area contributed by atoms with E-state index in [0.717, 1.165) is 57.8 Å². The molecular formula is C39H74NO8P. The van der Waals surface area contributed by atoms with Gasteiger partial charge in [0.15, 0.2) is 6.10 Å². The number of phosphoric acid groups is 1. The van der Waals surface area contributed by atoms with Gasteiger partial charge in [-0.05, 0) is 52.0 Å². The third-order valence-corrected chi connectivity index (χ3v) is 9.31. The maximum absolute atomic E-state index is 12.6. The van der Waals surface area contributed by atoms with Gasteiger partial charge < -0.3 is 19.7 Å². The number of allylic oxidation sites excluding steroid dienone is 4. The third-order valence-electron chi connectivity index (χ3n) is 8.32. The average Bonchev–Trinajstić information content (AvgIpc) is 3.08. The molecule has 2 atom stereocenters. The van der Waals surface area contributed by atoms with E-state index >= 15 is 0 Å². The molecule has 0 aromatic rings. The van der Waals surface area contributed by atoms with Crippen LogP contribution in [0.2, 0.25) is 0 Å². The van der Waals surface area contributed by atoms with Crippen molar-refractivity contribution in [2.45, 2.75) is 180 Å². The second-order valence-corrected chi connectivity index (χ2v) is 14.6. The van der Waals surface area contributed by atoms with Crippen molar-refractivity contribution in [3.63, 3.8) is 0 Å². The third kappa shape index (κ3) is 36.1. The Morgan fingerprint density at radius 1 is 0.633 bits per heavy atom. The fourth-order valence-electron chi connectivity index (χ4n) is 5.29. The summed E-state index contributed by atoms with van der Waals surface area (Å²) in [6.07, 6.45) is 35.0. The summed E-state index contributed by atoms with van der Waals surface area (Å²) in [4.78, 5) is 34.9. The van der Waals surface area contributed by atoms with Crippen molar-refractivity contribution in [1.29, 1.82) is 0 Å². The minimum atomic E-state index is -4.34. The second-order valence-electron chi connectivity index (χ2n) is 13.1. The normalized spacial score (nSPS) is 13.6. The Morgan fingerprint density at radius 2 is 1.10 bits per heavy atom. The zero-order chi connectivity index (χ0) is 36.1. The first-order valence-corrected chi connectivity index (χ1v) is 21.3. The number of likely N-dealkylation sites (N-methyl/N-ethyl adjacent to an activating group) is 1. The van der Waals surface area contributed by atoms with Gasteiger partial charge in [0.25, 0.3) is 0 Å². The zero-order valence-electron chi connectivity index (χ0n) is 31.6. The number of nitrogens with one attached hydrogen (secondary N) is 1. The summed E-state index contributed by atoms with van der Waals surface area (Å²) in [6.45, 7) is 4.17. The number of phosphoric ester groups is 1. The van der Waals surface area contributed by atoms with Gasteiger partial charge in [-0.2, -0.15) is 0 Å². The summed E-state index contributed by atoms with van der Waals surface area (Å²) < 4.78 is 33.1. The molecule has 0 amide bonds. The lowest BCUT2D eigenvalue weighted by atomic mass is 10.0. The van der Waals surface area contributed by atoms with Gasteiger partial charge in [0.2, 0.25) is 0 Å². The molecule has 9 nitrogen and oxygen atoms in total. The number of carbonyl (C=O) groups excluding carboxylic acids is 2. The van der Waals surface area contributed by atoms with E-state index < -0.39 is 26.5 Å². The van der Waals surface area contributed by atoms with Crippen LogP contribution in [0.3, 0.4) is 0 Å². The van der Waals surface area contributed by atoms with Crippen molar-refractivity contribution in [3.05, 3.63) is 24.3 Å². The highest BCUT2D eigenvalue weighted by molar-refractivity contribution is 7.47. The van der Waals surface area contributed by atoms with E-state index in [1.165, 1.54) is 83.5 Å². The summed E-state index contributed by atoms with van der Waals surface area (Å²) in [5.41, 5.74) is 0. The lowest BCUT2D eigenvalue weighted by molar-refractivity contribution is -0.161. The highest BCUT2D eigenvalue weighted by Crippen LogP contribution is 2.43. The molecular weight excluding hydrogens is 641 g/mol. The van der Waals surface area contributed by atoms with E-state index in [-0.39, 0.29) is 32.0 Å². The van der Waals surface area contributed by atoms with Gasteiger partial charge >= 0.3 is 19.8 Å². The molecule has 0 aliphatic carbocycles. The molecule has 0 aromatic carbocycles. The second kappa shape index (κ2) is 36.3. The Bertz CT molecular complexity index is 866. The summed E-state index contributed by atoms with van der Waals surface area (Å²) in [7, 11) is -2.65. The van der Waals surface area contributed by atoms with Gasteiger partial charge in [0.05, 0.1) is 13.2 Å². The number of carbonyl (C=O) groups is 2. The molecule has 0 heterocycles. The van der Waals surface area contributed by atoms with E-state index in [4.69, 9.17) is 18.5 Å². The van der Waals surface area contributed by atoms with Crippen molar-refractivity contribution in [2.24, 2.45) is 0 Å². The van der Waals surface area contributed by atoms with Crippen LogP contribution in [0, 0.1) is 0 Å². The van der Waals surface area contributed by atoms with E-state index in [9.17, 15) is 19.0 Å². The topological polar surface area (TPSA) is 120 Å². The number of hydrogen-bond donors (Lipinski definition) is 2. The Labute approximate surface area is 300 Å². The van der Waals surface area contributed by atoms with E-state index in [1.807, 2.05) is 0 Å². The highest BCUT2D eigenvalue weighted by Gasteiger charge is 2.26. The van der Waals surface area contributed by atoms with Gasteiger partial charge in [-0.1, -0.05) is 141 Å².